The van der Waals surface area contributed by atoms with Crippen molar-refractivity contribution in [2.75, 3.05) is 0 Å². The molecule has 288 valence electrons. The molecule has 8 aromatic carbocycles. The minimum atomic E-state index is -5.09. The van der Waals surface area contributed by atoms with E-state index in [0.29, 0.717) is 67.4 Å². The van der Waals surface area contributed by atoms with E-state index in [9.17, 15) is 63.2 Å². The normalized spacial score (nSPS) is 13.7. The molecule has 8 aromatic rings. The van der Waals surface area contributed by atoms with Gasteiger partial charge in [-0.2, -0.15) is 73.2 Å². The van der Waals surface area contributed by atoms with Crippen LogP contribution in [-0.4, -0.2) is 0 Å². The lowest BCUT2D eigenvalue weighted by atomic mass is 9.96. The Balaban J connectivity index is 1.39. The fraction of sp³-hybridized carbons (Fsp3) is 0.0952. The molecule has 0 spiro atoms. The summed E-state index contributed by atoms with van der Waals surface area (Å²) in [4.78, 5) is 7.91. The maximum Gasteiger partial charge on any atom is 0.416 e. The minimum absolute atomic E-state index is 0.0145. The largest absolute Gasteiger partial charge is 0.416 e. The summed E-state index contributed by atoms with van der Waals surface area (Å²) >= 11 is 0. The summed E-state index contributed by atoms with van der Waals surface area (Å²) in [7, 11) is 0. The van der Waals surface area contributed by atoms with Gasteiger partial charge in [-0.1, -0.05) is 48.5 Å². The van der Waals surface area contributed by atoms with Gasteiger partial charge in [0.15, 0.2) is 0 Å². The molecule has 0 saturated carbocycles. The molecule has 0 saturated heterocycles. The second-order valence-corrected chi connectivity index (χ2v) is 13.3. The molecule has 0 N–H and O–H groups in total. The molecule has 0 heterocycles. The number of nitriles is 2. The van der Waals surface area contributed by atoms with Crippen LogP contribution < -0.4 is 10.7 Å². The van der Waals surface area contributed by atoms with E-state index in [1.165, 1.54) is 36.4 Å². The molecule has 0 aliphatic carbocycles. The standard InChI is InChI=1S/C42H16F12N4/c43-39(44,45)23-9-21(10-24(15-23)40(46,47)48)19-1-3-29-33(13-19)37(57-17-55)31-7-6-28-27(35(29)31)5-8-32-36(28)30-4-2-20(14-34(30)38(32)58-18-56)22-11-25(41(49,50)51)16-26(12-22)42(52,53)54/h1-16H/b57-37-,58-38-. The molecule has 0 amide bonds. The second-order valence-electron chi connectivity index (χ2n) is 13.3. The minimum Gasteiger partial charge on any atom is -0.172 e. The Kier molecular flexibility index (Phi) is 8.37. The highest BCUT2D eigenvalue weighted by Gasteiger charge is 2.38. The maximum atomic E-state index is 13.7. The third kappa shape index (κ3) is 6.21. The monoisotopic (exact) mass is 804 g/mol. The molecule has 0 unspecified atom stereocenters. The van der Waals surface area contributed by atoms with Crippen molar-refractivity contribution in [3.8, 4) is 34.6 Å². The van der Waals surface area contributed by atoms with E-state index in [4.69, 9.17) is 0 Å². The Morgan fingerprint density at radius 3 is 0.897 bits per heavy atom. The molecule has 0 radical (unpaired) electrons. The average molecular weight is 805 g/mol. The summed E-state index contributed by atoms with van der Waals surface area (Å²) in [5, 5.41) is 23.7. The van der Waals surface area contributed by atoms with E-state index in [1.807, 2.05) is 0 Å². The van der Waals surface area contributed by atoms with Crippen LogP contribution in [0.25, 0.3) is 76.1 Å². The van der Waals surface area contributed by atoms with Gasteiger partial charge in [0.2, 0.25) is 12.4 Å². The molecule has 0 aliphatic heterocycles. The van der Waals surface area contributed by atoms with Crippen LogP contribution in [0.1, 0.15) is 22.3 Å². The first-order chi connectivity index (χ1) is 27.2. The quantitative estimate of drug-likeness (QED) is 0.129. The number of benzene rings is 6. The second kappa shape index (κ2) is 12.8. The number of alkyl halides is 12. The molecule has 16 heteroatoms. The van der Waals surface area contributed by atoms with Crippen LogP contribution in [0.2, 0.25) is 0 Å². The molecule has 0 atom stereocenters. The van der Waals surface area contributed by atoms with Crippen molar-refractivity contribution in [1.29, 1.82) is 10.5 Å². The lowest BCUT2D eigenvalue weighted by Crippen LogP contribution is -2.11. The van der Waals surface area contributed by atoms with Crippen molar-refractivity contribution in [2.45, 2.75) is 24.7 Å². The zero-order chi connectivity index (χ0) is 41.7. The average Bonchev–Trinajstić information content (AvgIpc) is 3.65. The fourth-order valence-electron chi connectivity index (χ4n) is 7.53. The van der Waals surface area contributed by atoms with Crippen molar-refractivity contribution in [2.24, 2.45) is 9.98 Å². The first-order valence-corrected chi connectivity index (χ1v) is 16.6. The van der Waals surface area contributed by atoms with Gasteiger partial charge in [-0.05, 0) is 103 Å². The summed E-state index contributed by atoms with van der Waals surface area (Å²) in [6.07, 6.45) is -17.0. The van der Waals surface area contributed by atoms with Gasteiger partial charge in [0.1, 0.15) is 0 Å². The molecule has 0 bridgehead atoms. The third-order valence-electron chi connectivity index (χ3n) is 9.96. The summed E-state index contributed by atoms with van der Waals surface area (Å²) in [6, 6.07) is 17.2. The zero-order valence-corrected chi connectivity index (χ0v) is 28.6. The lowest BCUT2D eigenvalue weighted by molar-refractivity contribution is -0.144. The van der Waals surface area contributed by atoms with Crippen molar-refractivity contribution in [3.05, 3.63) is 130 Å². The van der Waals surface area contributed by atoms with Crippen molar-refractivity contribution in [1.82, 2.24) is 0 Å². The molecular formula is C42H16F12N4. The van der Waals surface area contributed by atoms with Gasteiger partial charge >= 0.3 is 24.7 Å². The predicted molar refractivity (Wildman–Crippen MR) is 190 cm³/mol. The van der Waals surface area contributed by atoms with E-state index >= 15 is 0 Å². The van der Waals surface area contributed by atoms with Crippen molar-refractivity contribution < 1.29 is 52.7 Å². The highest BCUT2D eigenvalue weighted by Crippen LogP contribution is 2.43. The highest BCUT2D eigenvalue weighted by atomic mass is 19.4. The fourth-order valence-corrected chi connectivity index (χ4v) is 7.53. The zero-order valence-electron chi connectivity index (χ0n) is 28.6. The predicted octanol–water partition coefficient (Wildman–Crippen LogP) is 12.5. The Labute approximate surface area is 316 Å². The third-order valence-corrected chi connectivity index (χ3v) is 9.96. The summed E-state index contributed by atoms with van der Waals surface area (Å²) in [5.41, 5.74) is -6.88. The summed E-state index contributed by atoms with van der Waals surface area (Å²) < 4.78 is 164. The van der Waals surface area contributed by atoms with Crippen LogP contribution >= 0.6 is 0 Å². The lowest BCUT2D eigenvalue weighted by Gasteiger charge is -2.14. The van der Waals surface area contributed by atoms with Crippen molar-refractivity contribution in [3.63, 3.8) is 0 Å². The number of halogens is 12. The SMILES string of the molecule is N#C/N=c1\c2cc(-c3cc(C(F)(F)F)cc(C(F)(F)F)c3)ccc2c2c1ccc1c2ccc2/c(=N/C#N)c3cc(-c4cc(C(F)(F)F)cc(C(F)(F)F)c4)ccc3c21. The molecule has 8 rings (SSSR count). The molecule has 0 aromatic heterocycles. The molecule has 4 nitrogen and oxygen atoms in total. The van der Waals surface area contributed by atoms with E-state index in [0.717, 1.165) is 0 Å². The Morgan fingerprint density at radius 1 is 0.328 bits per heavy atom. The molecule has 0 aliphatic rings. The summed E-state index contributed by atoms with van der Waals surface area (Å²) in [6.45, 7) is 0. The van der Waals surface area contributed by atoms with Gasteiger partial charge in [0.25, 0.3) is 0 Å². The van der Waals surface area contributed by atoms with Crippen LogP contribution in [0.15, 0.2) is 107 Å². The van der Waals surface area contributed by atoms with Crippen LogP contribution in [0.5, 0.6) is 0 Å². The van der Waals surface area contributed by atoms with E-state index < -0.39 is 47.0 Å². The molecule has 0 fully saturated rings. The van der Waals surface area contributed by atoms with Crippen LogP contribution in [0.3, 0.4) is 0 Å². The van der Waals surface area contributed by atoms with Crippen LogP contribution in [0, 0.1) is 22.9 Å². The van der Waals surface area contributed by atoms with Crippen LogP contribution in [0.4, 0.5) is 52.7 Å². The van der Waals surface area contributed by atoms with E-state index in [2.05, 4.69) is 9.98 Å². The first-order valence-electron chi connectivity index (χ1n) is 16.6. The van der Waals surface area contributed by atoms with Gasteiger partial charge in [0, 0.05) is 21.5 Å². The number of hydrogen-bond donors (Lipinski definition) is 0. The van der Waals surface area contributed by atoms with Gasteiger partial charge in [-0.3, -0.25) is 0 Å². The van der Waals surface area contributed by atoms with E-state index in [1.54, 1.807) is 36.7 Å². The van der Waals surface area contributed by atoms with Gasteiger partial charge < -0.3 is 0 Å². The number of hydrogen-bond acceptors (Lipinski definition) is 4. The topological polar surface area (TPSA) is 72.3 Å². The number of rotatable bonds is 2. The Hall–Kier alpha value is -6.94. The molecule has 58 heavy (non-hydrogen) atoms. The van der Waals surface area contributed by atoms with E-state index in [-0.39, 0.29) is 55.9 Å². The van der Waals surface area contributed by atoms with Gasteiger partial charge in [0.05, 0.1) is 33.0 Å². The maximum absolute atomic E-state index is 13.7. The van der Waals surface area contributed by atoms with Gasteiger partial charge in [-0.25, -0.2) is 0 Å². The summed E-state index contributed by atoms with van der Waals surface area (Å²) in [5.74, 6) is 0. The highest BCUT2D eigenvalue weighted by molar-refractivity contribution is 6.31. The Morgan fingerprint density at radius 2 is 0.603 bits per heavy atom. The van der Waals surface area contributed by atoms with Crippen LogP contribution in [-0.2, 0) is 24.7 Å². The molecular weight excluding hydrogens is 788 g/mol. The van der Waals surface area contributed by atoms with Crippen molar-refractivity contribution >= 4 is 53.9 Å². The number of nitrogens with zero attached hydrogens (tertiary/aromatic N) is 4. The smallest absolute Gasteiger partial charge is 0.172 e. The van der Waals surface area contributed by atoms with Gasteiger partial charge in [-0.15, -0.1) is 0 Å². The number of fused-ring (bicyclic) bond motifs is 9. The Bertz CT molecular complexity index is 2970. The first kappa shape index (κ1) is 38.0.